The molecule has 0 radical (unpaired) electrons. The number of carbonyl (C=O) groups excluding carboxylic acids is 3. The first kappa shape index (κ1) is 23.5. The molecule has 170 valence electrons. The number of hydrogen-bond donors (Lipinski definition) is 1. The van der Waals surface area contributed by atoms with E-state index in [2.05, 4.69) is 38.2 Å². The van der Waals surface area contributed by atoms with Crippen molar-refractivity contribution in [2.24, 2.45) is 5.92 Å². The molecule has 6 nitrogen and oxygen atoms in total. The van der Waals surface area contributed by atoms with E-state index in [4.69, 9.17) is 4.74 Å². The third-order valence-corrected chi connectivity index (χ3v) is 6.00. The lowest BCUT2D eigenvalue weighted by molar-refractivity contribution is -0.141. The zero-order valence-electron chi connectivity index (χ0n) is 19.5. The number of methoxy groups -OCH3 is 1. The maximum Gasteiger partial charge on any atom is 0.228 e. The van der Waals surface area contributed by atoms with E-state index in [0.717, 1.165) is 11.1 Å². The Morgan fingerprint density at radius 2 is 1.72 bits per heavy atom. The summed E-state index contributed by atoms with van der Waals surface area (Å²) in [7, 11) is 3.22. The molecule has 1 saturated heterocycles. The molecule has 0 saturated carbocycles. The number of nitrogens with one attached hydrogen (secondary N) is 1. The van der Waals surface area contributed by atoms with Crippen molar-refractivity contribution in [2.75, 3.05) is 20.7 Å². The maximum absolute atomic E-state index is 13.5. The molecule has 1 heterocycles. The highest BCUT2D eigenvalue weighted by molar-refractivity contribution is 5.94. The SMILES string of the molecule is COc1ccc(C(C(=O)Cc2ccc(C(C)(C)C)cc2)N(C)C(=O)C2CNC(=O)C2)cc1. The van der Waals surface area contributed by atoms with Crippen LogP contribution in [-0.2, 0) is 26.2 Å². The average molecular weight is 437 g/mol. The molecule has 2 aromatic rings. The molecule has 0 bridgehead atoms. The molecule has 32 heavy (non-hydrogen) atoms. The highest BCUT2D eigenvalue weighted by Gasteiger charge is 2.35. The lowest BCUT2D eigenvalue weighted by Gasteiger charge is -2.29. The molecule has 1 aliphatic rings. The van der Waals surface area contributed by atoms with Crippen LogP contribution >= 0.6 is 0 Å². The number of rotatable bonds is 7. The summed E-state index contributed by atoms with van der Waals surface area (Å²) in [5.74, 6) is -0.195. The number of ketones is 1. The van der Waals surface area contributed by atoms with Gasteiger partial charge < -0.3 is 15.0 Å². The first-order valence-electron chi connectivity index (χ1n) is 10.9. The molecule has 2 aromatic carbocycles. The minimum Gasteiger partial charge on any atom is -0.497 e. The van der Waals surface area contributed by atoms with Crippen LogP contribution in [0.2, 0.25) is 0 Å². The van der Waals surface area contributed by atoms with Crippen LogP contribution < -0.4 is 10.1 Å². The number of amides is 2. The summed E-state index contributed by atoms with van der Waals surface area (Å²) in [6.07, 6.45) is 0.363. The molecule has 2 unspecified atom stereocenters. The van der Waals surface area contributed by atoms with Crippen LogP contribution in [0.25, 0.3) is 0 Å². The van der Waals surface area contributed by atoms with Crippen LogP contribution in [0.15, 0.2) is 48.5 Å². The van der Waals surface area contributed by atoms with E-state index in [1.807, 2.05) is 24.3 Å². The van der Waals surface area contributed by atoms with Crippen molar-refractivity contribution in [1.82, 2.24) is 10.2 Å². The minimum atomic E-state index is -0.744. The quantitative estimate of drug-likeness (QED) is 0.721. The van der Waals surface area contributed by atoms with Gasteiger partial charge in [-0.25, -0.2) is 0 Å². The summed E-state index contributed by atoms with van der Waals surface area (Å²) in [6.45, 7) is 6.75. The molecule has 0 aliphatic carbocycles. The van der Waals surface area contributed by atoms with Gasteiger partial charge in [-0.3, -0.25) is 14.4 Å². The molecule has 1 N–H and O–H groups in total. The lowest BCUT2D eigenvalue weighted by Crippen LogP contribution is -2.40. The Balaban J connectivity index is 1.86. The van der Waals surface area contributed by atoms with Crippen molar-refractivity contribution in [3.63, 3.8) is 0 Å². The van der Waals surface area contributed by atoms with Crippen LogP contribution in [0.3, 0.4) is 0 Å². The van der Waals surface area contributed by atoms with E-state index in [1.165, 1.54) is 10.5 Å². The van der Waals surface area contributed by atoms with Crippen LogP contribution in [0, 0.1) is 5.92 Å². The van der Waals surface area contributed by atoms with Crippen molar-refractivity contribution in [3.05, 3.63) is 65.2 Å². The topological polar surface area (TPSA) is 75.7 Å². The number of likely N-dealkylation sites (N-methyl/N-ethyl adjacent to an activating group) is 1. The number of hydrogen-bond acceptors (Lipinski definition) is 4. The van der Waals surface area contributed by atoms with Gasteiger partial charge in [0.25, 0.3) is 0 Å². The van der Waals surface area contributed by atoms with Gasteiger partial charge in [0.15, 0.2) is 5.78 Å². The van der Waals surface area contributed by atoms with Crippen LogP contribution in [0.1, 0.15) is 49.9 Å². The van der Waals surface area contributed by atoms with Gasteiger partial charge in [0.2, 0.25) is 11.8 Å². The summed E-state index contributed by atoms with van der Waals surface area (Å²) in [4.78, 5) is 39.7. The van der Waals surface area contributed by atoms with Crippen LogP contribution in [0.4, 0.5) is 0 Å². The summed E-state index contributed by atoms with van der Waals surface area (Å²) >= 11 is 0. The molecule has 2 atom stereocenters. The molecular formula is C26H32N2O4. The largest absolute Gasteiger partial charge is 0.497 e. The Bertz CT molecular complexity index is 974. The second kappa shape index (κ2) is 9.55. The number of nitrogens with zero attached hydrogens (tertiary/aromatic N) is 1. The Morgan fingerprint density at radius 1 is 1.09 bits per heavy atom. The molecule has 1 fully saturated rings. The standard InChI is InChI=1S/C26H32N2O4/c1-26(2,3)20-10-6-17(7-11-20)14-22(29)24(18-8-12-21(32-5)13-9-18)28(4)25(31)19-15-23(30)27-16-19/h6-13,19,24H,14-16H2,1-5H3,(H,27,30). The predicted octanol–water partition coefficient (Wildman–Crippen LogP) is 3.44. The fourth-order valence-corrected chi connectivity index (χ4v) is 4.03. The average Bonchev–Trinajstić information content (AvgIpc) is 3.19. The number of carbonyl (C=O) groups is 3. The van der Waals surface area contributed by atoms with Gasteiger partial charge in [0.05, 0.1) is 13.0 Å². The zero-order valence-corrected chi connectivity index (χ0v) is 19.5. The molecule has 2 amide bonds. The maximum atomic E-state index is 13.5. The number of ether oxygens (including phenoxy) is 1. The van der Waals surface area contributed by atoms with E-state index >= 15 is 0 Å². The first-order valence-corrected chi connectivity index (χ1v) is 10.9. The molecule has 0 aromatic heterocycles. The molecule has 1 aliphatic heterocycles. The highest BCUT2D eigenvalue weighted by atomic mass is 16.5. The number of Topliss-reactive ketones (excluding diaryl/α,β-unsaturated/α-hetero) is 1. The van der Waals surface area contributed by atoms with Crippen molar-refractivity contribution >= 4 is 17.6 Å². The van der Waals surface area contributed by atoms with Gasteiger partial charge in [-0.1, -0.05) is 57.2 Å². The summed E-state index contributed by atoms with van der Waals surface area (Å²) in [5.41, 5.74) is 2.86. The smallest absolute Gasteiger partial charge is 0.228 e. The van der Waals surface area contributed by atoms with Gasteiger partial charge in [0, 0.05) is 26.4 Å². The van der Waals surface area contributed by atoms with E-state index in [-0.39, 0.29) is 35.9 Å². The fourth-order valence-electron chi connectivity index (χ4n) is 4.03. The van der Waals surface area contributed by atoms with Crippen molar-refractivity contribution in [2.45, 2.75) is 45.1 Å². The van der Waals surface area contributed by atoms with Crippen molar-refractivity contribution in [1.29, 1.82) is 0 Å². The van der Waals surface area contributed by atoms with Gasteiger partial charge in [-0.2, -0.15) is 0 Å². The lowest BCUT2D eigenvalue weighted by atomic mass is 9.86. The van der Waals surface area contributed by atoms with Crippen molar-refractivity contribution in [3.8, 4) is 5.75 Å². The summed E-state index contributed by atoms with van der Waals surface area (Å²) in [6, 6.07) is 14.5. The second-order valence-corrected chi connectivity index (χ2v) is 9.42. The Hall–Kier alpha value is -3.15. The second-order valence-electron chi connectivity index (χ2n) is 9.42. The normalized spacial score (nSPS) is 16.9. The third kappa shape index (κ3) is 5.36. The van der Waals surface area contributed by atoms with E-state index < -0.39 is 12.0 Å². The summed E-state index contributed by atoms with van der Waals surface area (Å²) < 4.78 is 5.23. The van der Waals surface area contributed by atoms with Gasteiger partial charge >= 0.3 is 0 Å². The molecular weight excluding hydrogens is 404 g/mol. The minimum absolute atomic E-state index is 0.0353. The van der Waals surface area contributed by atoms with E-state index in [0.29, 0.717) is 12.3 Å². The third-order valence-electron chi connectivity index (χ3n) is 6.00. The zero-order chi connectivity index (χ0) is 23.5. The fraction of sp³-hybridized carbons (Fsp3) is 0.423. The van der Waals surface area contributed by atoms with Crippen LogP contribution in [-0.4, -0.2) is 43.2 Å². The predicted molar refractivity (Wildman–Crippen MR) is 123 cm³/mol. The van der Waals surface area contributed by atoms with Gasteiger partial charge in [-0.15, -0.1) is 0 Å². The molecule has 3 rings (SSSR count). The van der Waals surface area contributed by atoms with E-state index in [9.17, 15) is 14.4 Å². The molecule has 0 spiro atoms. The molecule has 6 heteroatoms. The van der Waals surface area contributed by atoms with Gasteiger partial charge in [-0.05, 0) is 34.2 Å². The monoisotopic (exact) mass is 436 g/mol. The van der Waals surface area contributed by atoms with Crippen LogP contribution in [0.5, 0.6) is 5.75 Å². The highest BCUT2D eigenvalue weighted by Crippen LogP contribution is 2.28. The Morgan fingerprint density at radius 3 is 2.22 bits per heavy atom. The van der Waals surface area contributed by atoms with Crippen molar-refractivity contribution < 1.29 is 19.1 Å². The van der Waals surface area contributed by atoms with E-state index in [1.54, 1.807) is 26.3 Å². The Labute approximate surface area is 189 Å². The Kier molecular flexibility index (Phi) is 7.02. The first-order chi connectivity index (χ1) is 15.1. The van der Waals surface area contributed by atoms with Gasteiger partial charge in [0.1, 0.15) is 11.8 Å². The number of benzene rings is 2. The summed E-state index contributed by atoms with van der Waals surface area (Å²) in [5, 5.41) is 2.70.